The van der Waals surface area contributed by atoms with Crippen LogP contribution in [-0.4, -0.2) is 51.5 Å². The summed E-state index contributed by atoms with van der Waals surface area (Å²) in [5.74, 6) is -0.146. The van der Waals surface area contributed by atoms with E-state index in [1.54, 1.807) is 30.3 Å². The standard InChI is InChI=1S/C24H28N2O4S/c27-23(25-19-24(13-4-14-24)21-5-2-1-3-6-21)12-9-20-7-10-22(11-8-20)31(28,29)26-15-17-30-18-16-26/h1-3,5-12H,4,13-19H2,(H,25,27)/b12-9+. The lowest BCUT2D eigenvalue weighted by molar-refractivity contribution is -0.116. The molecule has 0 unspecified atom stereocenters. The number of carbonyl (C=O) groups is 1. The van der Waals surface area contributed by atoms with Gasteiger partial charge in [0.1, 0.15) is 0 Å². The van der Waals surface area contributed by atoms with Gasteiger partial charge < -0.3 is 10.1 Å². The number of benzene rings is 2. The molecule has 1 heterocycles. The van der Waals surface area contributed by atoms with E-state index >= 15 is 0 Å². The highest BCUT2D eigenvalue weighted by molar-refractivity contribution is 7.89. The Hall–Kier alpha value is -2.48. The zero-order chi connectivity index (χ0) is 21.7. The van der Waals surface area contributed by atoms with Crippen LogP contribution in [0.1, 0.15) is 30.4 Å². The number of ether oxygens (including phenoxy) is 1. The van der Waals surface area contributed by atoms with Crippen molar-refractivity contribution in [3.05, 3.63) is 71.8 Å². The molecular formula is C24H28N2O4S. The SMILES string of the molecule is O=C(/C=C/c1ccc(S(=O)(=O)N2CCOCC2)cc1)NCC1(c2ccccc2)CCC1. The number of nitrogens with one attached hydrogen (secondary N) is 1. The summed E-state index contributed by atoms with van der Waals surface area (Å²) >= 11 is 0. The van der Waals surface area contributed by atoms with Crippen LogP contribution in [-0.2, 0) is 25.0 Å². The minimum atomic E-state index is -3.51. The predicted octanol–water partition coefficient (Wildman–Crippen LogP) is 2.96. The molecule has 2 aromatic rings. The first kappa shape index (κ1) is 21.7. The molecule has 7 heteroatoms. The molecule has 2 fully saturated rings. The molecule has 31 heavy (non-hydrogen) atoms. The molecule has 0 radical (unpaired) electrons. The fourth-order valence-electron chi connectivity index (χ4n) is 4.14. The van der Waals surface area contributed by atoms with Crippen LogP contribution in [0.25, 0.3) is 6.08 Å². The molecule has 1 N–H and O–H groups in total. The second-order valence-corrected chi connectivity index (χ2v) is 10.1. The molecule has 0 atom stereocenters. The Kier molecular flexibility index (Phi) is 6.55. The number of hydrogen-bond donors (Lipinski definition) is 1. The van der Waals surface area contributed by atoms with Gasteiger partial charge in [-0.25, -0.2) is 8.42 Å². The smallest absolute Gasteiger partial charge is 0.244 e. The molecule has 1 saturated carbocycles. The highest BCUT2D eigenvalue weighted by Gasteiger charge is 2.38. The summed E-state index contributed by atoms with van der Waals surface area (Å²) in [6, 6.07) is 17.0. The maximum atomic E-state index is 12.7. The van der Waals surface area contributed by atoms with Crippen molar-refractivity contribution in [1.82, 2.24) is 9.62 Å². The molecule has 1 saturated heterocycles. The Morgan fingerprint density at radius 1 is 1.03 bits per heavy atom. The van der Waals surface area contributed by atoms with Crippen molar-refractivity contribution in [2.75, 3.05) is 32.8 Å². The summed E-state index contributed by atoms with van der Waals surface area (Å²) in [5, 5.41) is 3.03. The molecule has 4 rings (SSSR count). The largest absolute Gasteiger partial charge is 0.379 e. The Morgan fingerprint density at radius 2 is 1.71 bits per heavy atom. The summed E-state index contributed by atoms with van der Waals surface area (Å²) in [4.78, 5) is 12.6. The second kappa shape index (κ2) is 9.34. The number of sulfonamides is 1. The average molecular weight is 441 g/mol. The molecule has 0 aromatic heterocycles. The van der Waals surface area contributed by atoms with Gasteiger partial charge >= 0.3 is 0 Å². The average Bonchev–Trinajstić information content (AvgIpc) is 2.78. The van der Waals surface area contributed by atoms with Crippen molar-refractivity contribution in [3.8, 4) is 0 Å². The van der Waals surface area contributed by atoms with Crippen LogP contribution in [0.5, 0.6) is 0 Å². The van der Waals surface area contributed by atoms with E-state index in [0.29, 0.717) is 32.8 Å². The van der Waals surface area contributed by atoms with Crippen molar-refractivity contribution >= 4 is 22.0 Å². The van der Waals surface area contributed by atoms with Gasteiger partial charge in [0, 0.05) is 31.1 Å². The van der Waals surface area contributed by atoms with Crippen LogP contribution in [0.4, 0.5) is 0 Å². The minimum absolute atomic E-state index is 0.0419. The van der Waals surface area contributed by atoms with Crippen molar-refractivity contribution < 1.29 is 17.9 Å². The molecule has 1 amide bonds. The molecule has 0 bridgehead atoms. The van der Waals surface area contributed by atoms with E-state index in [1.807, 2.05) is 18.2 Å². The van der Waals surface area contributed by atoms with Crippen molar-refractivity contribution in [1.29, 1.82) is 0 Å². The molecule has 2 aliphatic rings. The third-order valence-corrected chi connectivity index (χ3v) is 8.13. The first-order chi connectivity index (χ1) is 15.0. The summed E-state index contributed by atoms with van der Waals surface area (Å²) in [5.41, 5.74) is 2.10. The van der Waals surface area contributed by atoms with Crippen LogP contribution in [0.15, 0.2) is 65.6 Å². The maximum absolute atomic E-state index is 12.7. The number of carbonyl (C=O) groups excluding carboxylic acids is 1. The Morgan fingerprint density at radius 3 is 2.32 bits per heavy atom. The van der Waals surface area contributed by atoms with Gasteiger partial charge in [0.15, 0.2) is 0 Å². The van der Waals surface area contributed by atoms with E-state index in [9.17, 15) is 13.2 Å². The van der Waals surface area contributed by atoms with Gasteiger partial charge in [-0.15, -0.1) is 0 Å². The quantitative estimate of drug-likeness (QED) is 0.672. The molecule has 1 aliphatic heterocycles. The van der Waals surface area contributed by atoms with Gasteiger partial charge in [-0.2, -0.15) is 4.31 Å². The van der Waals surface area contributed by atoms with Crippen molar-refractivity contribution in [2.45, 2.75) is 29.6 Å². The lowest BCUT2D eigenvalue weighted by atomic mass is 9.64. The van der Waals surface area contributed by atoms with Gasteiger partial charge in [-0.05, 0) is 42.2 Å². The number of rotatable bonds is 7. The number of morpholine rings is 1. The van der Waals surface area contributed by atoms with Gasteiger partial charge in [-0.1, -0.05) is 48.9 Å². The first-order valence-corrected chi connectivity index (χ1v) is 12.1. The van der Waals surface area contributed by atoms with Crippen molar-refractivity contribution in [2.24, 2.45) is 0 Å². The van der Waals surface area contributed by atoms with E-state index < -0.39 is 10.0 Å². The van der Waals surface area contributed by atoms with Crippen LogP contribution >= 0.6 is 0 Å². The molecular weight excluding hydrogens is 412 g/mol. The van der Waals surface area contributed by atoms with E-state index in [0.717, 1.165) is 18.4 Å². The third-order valence-electron chi connectivity index (χ3n) is 6.21. The fraction of sp³-hybridized carbons (Fsp3) is 0.375. The summed E-state index contributed by atoms with van der Waals surface area (Å²) in [6.45, 7) is 2.20. The zero-order valence-electron chi connectivity index (χ0n) is 17.5. The molecule has 164 valence electrons. The molecule has 0 spiro atoms. The van der Waals surface area contributed by atoms with Gasteiger partial charge in [-0.3, -0.25) is 4.79 Å². The lowest BCUT2D eigenvalue weighted by Crippen LogP contribution is -2.45. The monoisotopic (exact) mass is 440 g/mol. The van der Waals surface area contributed by atoms with E-state index in [4.69, 9.17) is 4.74 Å². The number of hydrogen-bond acceptors (Lipinski definition) is 4. The molecule has 6 nitrogen and oxygen atoms in total. The fourth-order valence-corrected chi connectivity index (χ4v) is 5.54. The first-order valence-electron chi connectivity index (χ1n) is 10.7. The van der Waals surface area contributed by atoms with E-state index in [1.165, 1.54) is 22.4 Å². The third kappa shape index (κ3) is 4.89. The number of nitrogens with zero attached hydrogens (tertiary/aromatic N) is 1. The minimum Gasteiger partial charge on any atom is -0.379 e. The van der Waals surface area contributed by atoms with Gasteiger partial charge in [0.25, 0.3) is 0 Å². The topological polar surface area (TPSA) is 75.7 Å². The van der Waals surface area contributed by atoms with E-state index in [-0.39, 0.29) is 16.2 Å². The van der Waals surface area contributed by atoms with Crippen molar-refractivity contribution in [3.63, 3.8) is 0 Å². The highest BCUT2D eigenvalue weighted by Crippen LogP contribution is 2.43. The van der Waals surface area contributed by atoms with E-state index in [2.05, 4.69) is 17.4 Å². The molecule has 1 aliphatic carbocycles. The van der Waals surface area contributed by atoms with Gasteiger partial charge in [0.05, 0.1) is 18.1 Å². The molecule has 2 aromatic carbocycles. The summed E-state index contributed by atoms with van der Waals surface area (Å²) < 4.78 is 32.0. The normalized spacial score (nSPS) is 19.1. The van der Waals surface area contributed by atoms with Crippen LogP contribution in [0, 0.1) is 0 Å². The highest BCUT2D eigenvalue weighted by atomic mass is 32.2. The predicted molar refractivity (Wildman–Crippen MR) is 120 cm³/mol. The number of amides is 1. The Labute approximate surface area is 184 Å². The Bertz CT molecular complexity index is 1020. The maximum Gasteiger partial charge on any atom is 0.244 e. The van der Waals surface area contributed by atoms with Crippen LogP contribution in [0.2, 0.25) is 0 Å². The summed E-state index contributed by atoms with van der Waals surface area (Å²) in [6.07, 6.45) is 6.56. The second-order valence-electron chi connectivity index (χ2n) is 8.14. The lowest BCUT2D eigenvalue weighted by Gasteiger charge is -2.42. The zero-order valence-corrected chi connectivity index (χ0v) is 18.3. The van der Waals surface area contributed by atoms with Crippen LogP contribution < -0.4 is 5.32 Å². The van der Waals surface area contributed by atoms with Gasteiger partial charge in [0.2, 0.25) is 15.9 Å². The van der Waals surface area contributed by atoms with Crippen LogP contribution in [0.3, 0.4) is 0 Å². The Balaban J connectivity index is 1.35. The summed E-state index contributed by atoms with van der Waals surface area (Å²) in [7, 11) is -3.51.